The highest BCUT2D eigenvalue weighted by atomic mass is 35.5. The summed E-state index contributed by atoms with van der Waals surface area (Å²) < 4.78 is 22.5. The van der Waals surface area contributed by atoms with Crippen molar-refractivity contribution in [2.75, 3.05) is 17.3 Å². The Balaban J connectivity index is 0.00000243. The summed E-state index contributed by atoms with van der Waals surface area (Å²) >= 11 is 0. The van der Waals surface area contributed by atoms with E-state index in [0.29, 0.717) is 18.3 Å². The topological polar surface area (TPSA) is 89.3 Å². The first-order chi connectivity index (χ1) is 11.8. The largest absolute Gasteiger partial charge is 0.327 e. The SMILES string of the molecule is CS(=O)(=O)CCc1ccc(NC(=O)C2CC3CCCC(C2)C3N)cc1.Cl. The summed E-state index contributed by atoms with van der Waals surface area (Å²) in [5.74, 6) is 1.26. The number of halogens is 1. The van der Waals surface area contributed by atoms with Crippen molar-refractivity contribution in [2.24, 2.45) is 23.5 Å². The molecule has 0 aliphatic heterocycles. The van der Waals surface area contributed by atoms with Gasteiger partial charge in [-0.05, 0) is 61.6 Å². The predicted octanol–water partition coefficient (Wildman–Crippen LogP) is 2.79. The molecule has 2 bridgehead atoms. The normalized spacial score (nSPS) is 28.1. The molecule has 2 fully saturated rings. The van der Waals surface area contributed by atoms with Crippen molar-refractivity contribution in [2.45, 2.75) is 44.6 Å². The van der Waals surface area contributed by atoms with E-state index in [0.717, 1.165) is 36.9 Å². The molecule has 0 saturated heterocycles. The van der Waals surface area contributed by atoms with Crippen LogP contribution in [-0.2, 0) is 21.1 Å². The molecule has 146 valence electrons. The van der Waals surface area contributed by atoms with Crippen molar-refractivity contribution in [1.29, 1.82) is 0 Å². The van der Waals surface area contributed by atoms with Crippen molar-refractivity contribution in [3.05, 3.63) is 29.8 Å². The molecule has 1 aromatic rings. The van der Waals surface area contributed by atoms with Gasteiger partial charge in [0.1, 0.15) is 9.84 Å². The highest BCUT2D eigenvalue weighted by Gasteiger charge is 2.40. The average molecular weight is 401 g/mol. The third kappa shape index (κ3) is 5.44. The molecule has 0 aromatic heterocycles. The smallest absolute Gasteiger partial charge is 0.227 e. The number of hydrogen-bond acceptors (Lipinski definition) is 4. The number of nitrogens with one attached hydrogen (secondary N) is 1. The molecule has 0 heterocycles. The Morgan fingerprint density at radius 2 is 1.73 bits per heavy atom. The Hall–Kier alpha value is -1.11. The van der Waals surface area contributed by atoms with Crippen LogP contribution in [0, 0.1) is 17.8 Å². The molecule has 1 aromatic carbocycles. The van der Waals surface area contributed by atoms with Gasteiger partial charge < -0.3 is 11.1 Å². The van der Waals surface area contributed by atoms with E-state index < -0.39 is 9.84 Å². The molecule has 2 aliphatic carbocycles. The number of carbonyl (C=O) groups excluding carboxylic acids is 1. The summed E-state index contributed by atoms with van der Waals surface area (Å²) in [6.45, 7) is 0. The lowest BCUT2D eigenvalue weighted by molar-refractivity contribution is -0.122. The summed E-state index contributed by atoms with van der Waals surface area (Å²) in [5, 5.41) is 3.02. The molecule has 3 rings (SSSR count). The molecule has 2 unspecified atom stereocenters. The van der Waals surface area contributed by atoms with Crippen molar-refractivity contribution in [3.63, 3.8) is 0 Å². The van der Waals surface area contributed by atoms with Crippen LogP contribution in [0.5, 0.6) is 0 Å². The summed E-state index contributed by atoms with van der Waals surface area (Å²) in [6, 6.07) is 7.74. The van der Waals surface area contributed by atoms with Gasteiger partial charge >= 0.3 is 0 Å². The van der Waals surface area contributed by atoms with Crippen LogP contribution in [0.1, 0.15) is 37.7 Å². The number of hydrogen-bond donors (Lipinski definition) is 2. The number of amides is 1. The van der Waals surface area contributed by atoms with Gasteiger partial charge in [0.25, 0.3) is 0 Å². The second-order valence-electron chi connectivity index (χ2n) is 7.76. The van der Waals surface area contributed by atoms with E-state index in [-0.39, 0.29) is 36.0 Å². The predicted molar refractivity (Wildman–Crippen MR) is 107 cm³/mol. The molecule has 1 amide bonds. The number of anilines is 1. The maximum Gasteiger partial charge on any atom is 0.227 e. The summed E-state index contributed by atoms with van der Waals surface area (Å²) in [4.78, 5) is 12.6. The van der Waals surface area contributed by atoms with E-state index in [2.05, 4.69) is 5.32 Å². The van der Waals surface area contributed by atoms with Gasteiger partial charge in [-0.3, -0.25) is 4.79 Å². The standard InChI is InChI=1S/C19H28N2O3S.ClH/c1-25(23,24)10-9-13-5-7-17(8-6-13)21-19(22)16-11-14-3-2-4-15(12-16)18(14)20;/h5-8,14-16,18H,2-4,9-12,20H2,1H3,(H,21,22);1H. The van der Waals surface area contributed by atoms with Gasteiger partial charge in [0.05, 0.1) is 5.75 Å². The Bertz CT molecular complexity index is 707. The van der Waals surface area contributed by atoms with Crippen molar-refractivity contribution in [3.8, 4) is 0 Å². The first-order valence-electron chi connectivity index (χ1n) is 9.15. The maximum atomic E-state index is 12.6. The highest BCUT2D eigenvalue weighted by molar-refractivity contribution is 7.90. The second-order valence-corrected chi connectivity index (χ2v) is 10.0. The van der Waals surface area contributed by atoms with E-state index in [1.54, 1.807) is 0 Å². The van der Waals surface area contributed by atoms with Gasteiger partial charge in [0, 0.05) is 23.9 Å². The monoisotopic (exact) mass is 400 g/mol. The summed E-state index contributed by atoms with van der Waals surface area (Å²) in [6.07, 6.45) is 7.08. The third-order valence-electron chi connectivity index (χ3n) is 5.77. The van der Waals surface area contributed by atoms with Crippen LogP contribution in [0.15, 0.2) is 24.3 Å². The zero-order valence-electron chi connectivity index (χ0n) is 15.2. The van der Waals surface area contributed by atoms with E-state index in [9.17, 15) is 13.2 Å². The van der Waals surface area contributed by atoms with Crippen LogP contribution < -0.4 is 11.1 Å². The Labute approximate surface area is 162 Å². The minimum Gasteiger partial charge on any atom is -0.327 e. The first kappa shape index (κ1) is 21.2. The fourth-order valence-corrected chi connectivity index (χ4v) is 4.91. The maximum absolute atomic E-state index is 12.6. The average Bonchev–Trinajstić information content (AvgIpc) is 2.53. The number of nitrogens with two attached hydrogens (primary N) is 1. The molecule has 0 spiro atoms. The van der Waals surface area contributed by atoms with Gasteiger partial charge in [-0.25, -0.2) is 8.42 Å². The van der Waals surface area contributed by atoms with Crippen LogP contribution in [0.25, 0.3) is 0 Å². The molecule has 26 heavy (non-hydrogen) atoms. The zero-order chi connectivity index (χ0) is 18.0. The van der Waals surface area contributed by atoms with Gasteiger partial charge in [-0.1, -0.05) is 18.6 Å². The molecule has 2 atom stereocenters. The molecule has 0 radical (unpaired) electrons. The lowest BCUT2D eigenvalue weighted by Crippen LogP contribution is -2.48. The van der Waals surface area contributed by atoms with Crippen LogP contribution >= 0.6 is 12.4 Å². The molecule has 5 nitrogen and oxygen atoms in total. The van der Waals surface area contributed by atoms with Crippen LogP contribution in [0.3, 0.4) is 0 Å². The van der Waals surface area contributed by atoms with E-state index >= 15 is 0 Å². The molecule has 7 heteroatoms. The first-order valence-corrected chi connectivity index (χ1v) is 11.2. The molecule has 2 aliphatic rings. The Kier molecular flexibility index (Phi) is 7.11. The third-order valence-corrected chi connectivity index (χ3v) is 6.71. The minimum atomic E-state index is -2.96. The Morgan fingerprint density at radius 3 is 2.27 bits per heavy atom. The van der Waals surface area contributed by atoms with Crippen molar-refractivity contribution < 1.29 is 13.2 Å². The number of rotatable bonds is 5. The van der Waals surface area contributed by atoms with Crippen molar-refractivity contribution in [1.82, 2.24) is 0 Å². The fraction of sp³-hybridized carbons (Fsp3) is 0.632. The summed E-state index contributed by atoms with van der Waals surface area (Å²) in [5.41, 5.74) is 8.03. The number of aryl methyl sites for hydroxylation is 1. The second kappa shape index (κ2) is 8.72. The van der Waals surface area contributed by atoms with E-state index in [1.807, 2.05) is 24.3 Å². The minimum absolute atomic E-state index is 0. The lowest BCUT2D eigenvalue weighted by atomic mass is 9.65. The van der Waals surface area contributed by atoms with Gasteiger partial charge in [0.15, 0.2) is 0 Å². The molecular formula is C19H29ClN2O3S. The number of benzene rings is 1. The van der Waals surface area contributed by atoms with Crippen molar-refractivity contribution >= 4 is 33.8 Å². The van der Waals surface area contributed by atoms with Crippen LogP contribution in [0.4, 0.5) is 5.69 Å². The molecular weight excluding hydrogens is 372 g/mol. The van der Waals surface area contributed by atoms with E-state index in [4.69, 9.17) is 5.73 Å². The van der Waals surface area contributed by atoms with Gasteiger partial charge in [-0.15, -0.1) is 12.4 Å². The highest BCUT2D eigenvalue weighted by Crippen LogP contribution is 2.42. The lowest BCUT2D eigenvalue weighted by Gasteiger charge is -2.43. The zero-order valence-corrected chi connectivity index (χ0v) is 16.8. The Morgan fingerprint density at radius 1 is 1.15 bits per heavy atom. The van der Waals surface area contributed by atoms with Gasteiger partial charge in [-0.2, -0.15) is 0 Å². The molecule has 3 N–H and O–H groups in total. The van der Waals surface area contributed by atoms with E-state index in [1.165, 1.54) is 12.7 Å². The van der Waals surface area contributed by atoms with Crippen LogP contribution in [-0.4, -0.2) is 32.4 Å². The summed E-state index contributed by atoms with van der Waals surface area (Å²) in [7, 11) is -2.96. The van der Waals surface area contributed by atoms with Crippen LogP contribution in [0.2, 0.25) is 0 Å². The molecule has 2 saturated carbocycles. The van der Waals surface area contributed by atoms with Gasteiger partial charge in [0.2, 0.25) is 5.91 Å². The number of fused-ring (bicyclic) bond motifs is 2. The number of carbonyl (C=O) groups is 1. The fourth-order valence-electron chi connectivity index (χ4n) is 4.31. The quantitative estimate of drug-likeness (QED) is 0.795. The number of sulfone groups is 1.